The molecule has 13 heavy (non-hydrogen) atoms. The fraction of sp³-hybridized carbons (Fsp3) is 0.222. The summed E-state index contributed by atoms with van der Waals surface area (Å²) in [6.45, 7) is 0.459. The van der Waals surface area contributed by atoms with Crippen LogP contribution >= 0.6 is 0 Å². The molecule has 1 unspecified atom stereocenters. The highest BCUT2D eigenvalue weighted by molar-refractivity contribution is 5.40. The van der Waals surface area contributed by atoms with Crippen molar-refractivity contribution in [2.24, 2.45) is 11.5 Å². The molecule has 0 radical (unpaired) electrons. The maximum atomic E-state index is 5.80. The van der Waals surface area contributed by atoms with Gasteiger partial charge in [-0.2, -0.15) is 0 Å². The maximum Gasteiger partial charge on any atom is 0.136 e. The molecule has 2 heterocycles. The van der Waals surface area contributed by atoms with E-state index in [2.05, 4.69) is 4.98 Å². The molecule has 0 bridgehead atoms. The predicted octanol–water partition coefficient (Wildman–Crippen LogP) is 0.293. The SMILES string of the molecule is NCC(N)c1ccc2nccn2c1. The summed E-state index contributed by atoms with van der Waals surface area (Å²) in [6, 6.07) is 3.80. The lowest BCUT2D eigenvalue weighted by Crippen LogP contribution is -2.20. The van der Waals surface area contributed by atoms with Crippen molar-refractivity contribution in [3.63, 3.8) is 0 Å². The van der Waals surface area contributed by atoms with Gasteiger partial charge in [0.05, 0.1) is 0 Å². The standard InChI is InChI=1S/C9H12N4/c10-5-8(11)7-1-2-9-12-3-4-13(9)6-7/h1-4,6,8H,5,10-11H2. The highest BCUT2D eigenvalue weighted by Crippen LogP contribution is 2.10. The molecule has 0 aromatic carbocycles. The van der Waals surface area contributed by atoms with Gasteiger partial charge in [0.1, 0.15) is 5.65 Å². The summed E-state index contributed by atoms with van der Waals surface area (Å²) in [7, 11) is 0. The smallest absolute Gasteiger partial charge is 0.136 e. The van der Waals surface area contributed by atoms with Gasteiger partial charge in [-0.05, 0) is 11.6 Å². The van der Waals surface area contributed by atoms with Crippen LogP contribution in [-0.4, -0.2) is 15.9 Å². The average molecular weight is 176 g/mol. The minimum Gasteiger partial charge on any atom is -0.329 e. The number of fused-ring (bicyclic) bond motifs is 1. The van der Waals surface area contributed by atoms with Gasteiger partial charge in [0.2, 0.25) is 0 Å². The first-order chi connectivity index (χ1) is 6.31. The van der Waals surface area contributed by atoms with Crippen LogP contribution < -0.4 is 11.5 Å². The van der Waals surface area contributed by atoms with Crippen molar-refractivity contribution in [2.75, 3.05) is 6.54 Å². The van der Waals surface area contributed by atoms with Crippen LogP contribution in [0.25, 0.3) is 5.65 Å². The zero-order valence-electron chi connectivity index (χ0n) is 7.22. The van der Waals surface area contributed by atoms with Gasteiger partial charge >= 0.3 is 0 Å². The Morgan fingerprint density at radius 1 is 1.46 bits per heavy atom. The topological polar surface area (TPSA) is 69.3 Å². The Hall–Kier alpha value is -1.39. The minimum absolute atomic E-state index is 0.0909. The van der Waals surface area contributed by atoms with Crippen LogP contribution in [0, 0.1) is 0 Å². The van der Waals surface area contributed by atoms with E-state index in [4.69, 9.17) is 11.5 Å². The van der Waals surface area contributed by atoms with Crippen molar-refractivity contribution < 1.29 is 0 Å². The lowest BCUT2D eigenvalue weighted by Gasteiger charge is -2.08. The Labute approximate surface area is 76.2 Å². The molecule has 0 saturated heterocycles. The summed E-state index contributed by atoms with van der Waals surface area (Å²) in [5, 5.41) is 0. The largest absolute Gasteiger partial charge is 0.329 e. The molecule has 4 nitrogen and oxygen atoms in total. The summed E-state index contributed by atoms with van der Waals surface area (Å²) in [6.07, 6.45) is 5.61. The van der Waals surface area contributed by atoms with Crippen LogP contribution in [0.1, 0.15) is 11.6 Å². The van der Waals surface area contributed by atoms with Crippen LogP contribution in [0.15, 0.2) is 30.7 Å². The zero-order valence-corrected chi connectivity index (χ0v) is 7.22. The van der Waals surface area contributed by atoms with E-state index in [-0.39, 0.29) is 6.04 Å². The monoisotopic (exact) mass is 176 g/mol. The Balaban J connectivity index is 2.48. The van der Waals surface area contributed by atoms with Gasteiger partial charge in [0.15, 0.2) is 0 Å². The third-order valence-corrected chi connectivity index (χ3v) is 2.09. The number of aromatic nitrogens is 2. The third-order valence-electron chi connectivity index (χ3n) is 2.09. The van der Waals surface area contributed by atoms with Gasteiger partial charge in [-0.1, -0.05) is 6.07 Å². The lowest BCUT2D eigenvalue weighted by atomic mass is 10.1. The van der Waals surface area contributed by atoms with E-state index in [1.165, 1.54) is 0 Å². The number of imidazole rings is 1. The second-order valence-electron chi connectivity index (χ2n) is 3.00. The molecular weight excluding hydrogens is 164 g/mol. The number of nitrogens with two attached hydrogens (primary N) is 2. The number of nitrogens with zero attached hydrogens (tertiary/aromatic N) is 2. The molecule has 0 aliphatic carbocycles. The second-order valence-corrected chi connectivity index (χ2v) is 3.00. The third kappa shape index (κ3) is 1.41. The van der Waals surface area contributed by atoms with Gasteiger partial charge in [-0.15, -0.1) is 0 Å². The quantitative estimate of drug-likeness (QED) is 0.691. The number of hydrogen-bond donors (Lipinski definition) is 2. The first-order valence-corrected chi connectivity index (χ1v) is 4.19. The lowest BCUT2D eigenvalue weighted by molar-refractivity contribution is 0.731. The number of hydrogen-bond acceptors (Lipinski definition) is 3. The summed E-state index contributed by atoms with van der Waals surface area (Å²) in [5.41, 5.74) is 13.2. The zero-order chi connectivity index (χ0) is 9.26. The Morgan fingerprint density at radius 3 is 3.08 bits per heavy atom. The van der Waals surface area contributed by atoms with Gasteiger partial charge in [0.25, 0.3) is 0 Å². The molecule has 2 rings (SSSR count). The molecule has 0 aliphatic rings. The van der Waals surface area contributed by atoms with Crippen LogP contribution in [0.4, 0.5) is 0 Å². The number of rotatable bonds is 2. The van der Waals surface area contributed by atoms with E-state index < -0.39 is 0 Å². The molecule has 4 N–H and O–H groups in total. The molecular formula is C9H12N4. The van der Waals surface area contributed by atoms with Crippen LogP contribution in [-0.2, 0) is 0 Å². The normalized spacial score (nSPS) is 13.4. The van der Waals surface area contributed by atoms with Gasteiger partial charge in [-0.3, -0.25) is 0 Å². The molecule has 1 atom stereocenters. The molecule has 0 aliphatic heterocycles. The predicted molar refractivity (Wildman–Crippen MR) is 51.2 cm³/mol. The summed E-state index contributed by atoms with van der Waals surface area (Å²) in [5.74, 6) is 0. The van der Waals surface area contributed by atoms with Crippen molar-refractivity contribution in [3.05, 3.63) is 36.3 Å². The second kappa shape index (κ2) is 3.16. The van der Waals surface area contributed by atoms with Crippen molar-refractivity contribution >= 4 is 5.65 Å². The average Bonchev–Trinajstić information content (AvgIpc) is 2.63. The maximum absolute atomic E-state index is 5.80. The summed E-state index contributed by atoms with van der Waals surface area (Å²) >= 11 is 0. The minimum atomic E-state index is -0.0909. The molecule has 2 aromatic rings. The molecule has 4 heteroatoms. The first kappa shape index (κ1) is 8.22. The van der Waals surface area contributed by atoms with E-state index in [1.807, 2.05) is 28.9 Å². The van der Waals surface area contributed by atoms with E-state index in [1.54, 1.807) is 6.20 Å². The fourth-order valence-corrected chi connectivity index (χ4v) is 1.29. The Bertz CT molecular complexity index is 407. The van der Waals surface area contributed by atoms with Crippen molar-refractivity contribution in [1.82, 2.24) is 9.38 Å². The Kier molecular flexibility index (Phi) is 2.00. The summed E-state index contributed by atoms with van der Waals surface area (Å²) in [4.78, 5) is 4.14. The molecule has 0 fully saturated rings. The fourth-order valence-electron chi connectivity index (χ4n) is 1.29. The van der Waals surface area contributed by atoms with Crippen LogP contribution in [0.3, 0.4) is 0 Å². The van der Waals surface area contributed by atoms with E-state index >= 15 is 0 Å². The highest BCUT2D eigenvalue weighted by Gasteiger charge is 2.03. The van der Waals surface area contributed by atoms with Crippen LogP contribution in [0.2, 0.25) is 0 Å². The Morgan fingerprint density at radius 2 is 2.31 bits per heavy atom. The molecule has 2 aromatic heterocycles. The van der Waals surface area contributed by atoms with E-state index in [9.17, 15) is 0 Å². The van der Waals surface area contributed by atoms with E-state index in [0.717, 1.165) is 11.2 Å². The molecule has 0 amide bonds. The van der Waals surface area contributed by atoms with E-state index in [0.29, 0.717) is 6.54 Å². The van der Waals surface area contributed by atoms with Crippen molar-refractivity contribution in [1.29, 1.82) is 0 Å². The van der Waals surface area contributed by atoms with Crippen LogP contribution in [0.5, 0.6) is 0 Å². The summed E-state index contributed by atoms with van der Waals surface area (Å²) < 4.78 is 1.94. The van der Waals surface area contributed by atoms with Crippen molar-refractivity contribution in [3.8, 4) is 0 Å². The first-order valence-electron chi connectivity index (χ1n) is 4.19. The van der Waals surface area contributed by atoms with Gasteiger partial charge in [-0.25, -0.2) is 4.98 Å². The number of pyridine rings is 1. The van der Waals surface area contributed by atoms with Gasteiger partial charge < -0.3 is 15.9 Å². The van der Waals surface area contributed by atoms with Crippen molar-refractivity contribution in [2.45, 2.75) is 6.04 Å². The molecule has 0 spiro atoms. The molecule has 68 valence electrons. The highest BCUT2D eigenvalue weighted by atomic mass is 15.0. The van der Waals surface area contributed by atoms with Gasteiger partial charge in [0, 0.05) is 31.2 Å². The molecule has 0 saturated carbocycles.